The Labute approximate surface area is 62.3 Å². The van der Waals surface area contributed by atoms with Gasteiger partial charge in [-0.3, -0.25) is 5.14 Å². The van der Waals surface area contributed by atoms with Crippen molar-refractivity contribution in [3.63, 3.8) is 0 Å². The van der Waals surface area contributed by atoms with E-state index in [-0.39, 0.29) is 12.4 Å². The third kappa shape index (κ3) is 4.84. The zero-order valence-electron chi connectivity index (χ0n) is 6.09. The Hall–Kier alpha value is -0.0000000000000000555. The lowest BCUT2D eigenvalue weighted by atomic mass is 10.2. The highest BCUT2D eigenvalue weighted by Gasteiger charge is 2.24. The van der Waals surface area contributed by atoms with Gasteiger partial charge in [0.2, 0.25) is 0 Å². The Kier molecular flexibility index (Phi) is 4.00. The van der Waals surface area contributed by atoms with E-state index in [0.717, 1.165) is 0 Å². The summed E-state index contributed by atoms with van der Waals surface area (Å²) in [4.78, 5) is 0. The molecule has 0 aliphatic rings. The van der Waals surface area contributed by atoms with Gasteiger partial charge in [-0.25, -0.2) is 8.60 Å². The minimum atomic E-state index is -1.59. The second kappa shape index (κ2) is 4.00. The molecule has 2 N–H and O–H groups in total. The Balaban J connectivity index is 3.74. The first-order valence-corrected chi connectivity index (χ1v) is 4.17. The maximum absolute atomic E-state index is 12.9. The lowest BCUT2D eigenvalue weighted by Crippen LogP contribution is -2.33. The van der Waals surface area contributed by atoms with Gasteiger partial charge in [0.1, 0.15) is 5.67 Å². The largest absolute Gasteiger partial charge is 0.381 e. The van der Waals surface area contributed by atoms with Crippen molar-refractivity contribution < 1.29 is 13.3 Å². The van der Waals surface area contributed by atoms with Crippen molar-refractivity contribution in [3.8, 4) is 0 Å². The molecule has 0 aromatic rings. The van der Waals surface area contributed by atoms with Crippen molar-refractivity contribution in [2.24, 2.45) is 5.14 Å². The first-order valence-electron chi connectivity index (χ1n) is 2.78. The van der Waals surface area contributed by atoms with E-state index < -0.39 is 16.7 Å². The van der Waals surface area contributed by atoms with Gasteiger partial charge in [-0.05, 0) is 6.92 Å². The molecule has 0 aromatic carbocycles. The molecular weight excluding hydrogens is 157 g/mol. The molecule has 10 heavy (non-hydrogen) atoms. The van der Waals surface area contributed by atoms with Crippen LogP contribution in [0.5, 0.6) is 0 Å². The number of halogens is 1. The van der Waals surface area contributed by atoms with Crippen molar-refractivity contribution in [1.29, 1.82) is 0 Å². The van der Waals surface area contributed by atoms with Crippen molar-refractivity contribution in [3.05, 3.63) is 0 Å². The highest BCUT2D eigenvalue weighted by atomic mass is 32.2. The molecule has 0 heterocycles. The van der Waals surface area contributed by atoms with Gasteiger partial charge < -0.3 is 4.74 Å². The van der Waals surface area contributed by atoms with E-state index in [9.17, 15) is 8.60 Å². The van der Waals surface area contributed by atoms with E-state index in [2.05, 4.69) is 4.74 Å². The predicted molar refractivity (Wildman–Crippen MR) is 38.6 cm³/mol. The standard InChI is InChI=1S/C5H12FNO2S/c1-5(6,3-9-2)4-10(7)8/h3-4,7H2,1-2H3. The molecule has 0 aliphatic carbocycles. The molecule has 2 unspecified atom stereocenters. The number of alkyl halides is 1. The number of methoxy groups -OCH3 is 1. The molecule has 0 rings (SSSR count). The van der Waals surface area contributed by atoms with Crippen LogP contribution in [0.3, 0.4) is 0 Å². The van der Waals surface area contributed by atoms with Crippen LogP contribution in [0.2, 0.25) is 0 Å². The highest BCUT2D eigenvalue weighted by molar-refractivity contribution is 7.82. The Morgan fingerprint density at radius 3 is 2.60 bits per heavy atom. The van der Waals surface area contributed by atoms with Crippen LogP contribution in [0.15, 0.2) is 0 Å². The quantitative estimate of drug-likeness (QED) is 0.643. The summed E-state index contributed by atoms with van der Waals surface area (Å²) in [6.45, 7) is 1.23. The third-order valence-electron chi connectivity index (χ3n) is 0.889. The van der Waals surface area contributed by atoms with Gasteiger partial charge in [0, 0.05) is 7.11 Å². The molecule has 0 spiro atoms. The average molecular weight is 169 g/mol. The molecule has 0 aliphatic heterocycles. The third-order valence-corrected chi connectivity index (χ3v) is 1.77. The van der Waals surface area contributed by atoms with Crippen LogP contribution in [0.4, 0.5) is 4.39 Å². The summed E-state index contributed by atoms with van der Waals surface area (Å²) in [5, 5.41) is 4.89. The first kappa shape index (κ1) is 10.0. The van der Waals surface area contributed by atoms with E-state index in [1.807, 2.05) is 0 Å². The van der Waals surface area contributed by atoms with Crippen LogP contribution in [-0.4, -0.2) is 29.3 Å². The van der Waals surface area contributed by atoms with Gasteiger partial charge in [0.25, 0.3) is 0 Å². The van der Waals surface area contributed by atoms with Crippen LogP contribution in [0.1, 0.15) is 6.92 Å². The summed E-state index contributed by atoms with van der Waals surface area (Å²) in [5.41, 5.74) is -1.58. The van der Waals surface area contributed by atoms with Gasteiger partial charge in [0.05, 0.1) is 23.3 Å². The van der Waals surface area contributed by atoms with Crippen molar-refractivity contribution in [2.45, 2.75) is 12.6 Å². The van der Waals surface area contributed by atoms with Crippen molar-refractivity contribution in [1.82, 2.24) is 0 Å². The molecule has 3 nitrogen and oxygen atoms in total. The summed E-state index contributed by atoms with van der Waals surface area (Å²) in [7, 11) is -0.205. The molecule has 5 heteroatoms. The van der Waals surface area contributed by atoms with E-state index >= 15 is 0 Å². The zero-order chi connectivity index (χ0) is 8.20. The van der Waals surface area contributed by atoms with E-state index in [1.165, 1.54) is 14.0 Å². The summed E-state index contributed by atoms with van der Waals surface area (Å²) in [6.07, 6.45) is 0. The fraction of sp³-hybridized carbons (Fsp3) is 1.00. The minimum absolute atomic E-state index is 0.0735. The maximum atomic E-state index is 12.9. The minimum Gasteiger partial charge on any atom is -0.381 e. The molecule has 0 radical (unpaired) electrons. The van der Waals surface area contributed by atoms with Crippen molar-refractivity contribution in [2.75, 3.05) is 19.5 Å². The first-order chi connectivity index (χ1) is 4.48. The molecule has 0 bridgehead atoms. The van der Waals surface area contributed by atoms with E-state index in [1.54, 1.807) is 0 Å². The maximum Gasteiger partial charge on any atom is 0.144 e. The molecule has 0 saturated carbocycles. The Bertz CT molecular complexity index is 129. The number of hydrogen-bond acceptors (Lipinski definition) is 2. The fourth-order valence-corrected chi connectivity index (χ4v) is 1.32. The van der Waals surface area contributed by atoms with Gasteiger partial charge in [-0.2, -0.15) is 0 Å². The number of nitrogens with two attached hydrogens (primary N) is 1. The van der Waals surface area contributed by atoms with Crippen molar-refractivity contribution >= 4 is 11.0 Å². The zero-order valence-corrected chi connectivity index (χ0v) is 6.91. The van der Waals surface area contributed by atoms with Gasteiger partial charge in [-0.1, -0.05) is 0 Å². The van der Waals surface area contributed by atoms with Gasteiger partial charge in [-0.15, -0.1) is 0 Å². The van der Waals surface area contributed by atoms with E-state index in [4.69, 9.17) is 5.14 Å². The second-order valence-corrected chi connectivity index (χ2v) is 3.42. The summed E-state index contributed by atoms with van der Waals surface area (Å²) in [6, 6.07) is 0. The van der Waals surface area contributed by atoms with Crippen LogP contribution in [-0.2, 0) is 15.7 Å². The predicted octanol–water partition coefficient (Wildman–Crippen LogP) is -0.0166. The number of ether oxygens (including phenoxy) is 1. The normalized spacial score (nSPS) is 20.0. The molecular formula is C5H12FNO2S. The van der Waals surface area contributed by atoms with Crippen LogP contribution < -0.4 is 5.14 Å². The van der Waals surface area contributed by atoms with Gasteiger partial charge in [0.15, 0.2) is 0 Å². The summed E-state index contributed by atoms with van der Waals surface area (Å²) >= 11 is 0. The lowest BCUT2D eigenvalue weighted by molar-refractivity contribution is 0.0712. The molecule has 0 aromatic heterocycles. The Morgan fingerprint density at radius 1 is 1.80 bits per heavy atom. The van der Waals surface area contributed by atoms with Gasteiger partial charge >= 0.3 is 0 Å². The summed E-state index contributed by atoms with van der Waals surface area (Å²) in [5.74, 6) is -0.180. The molecule has 0 amide bonds. The smallest absolute Gasteiger partial charge is 0.144 e. The molecule has 0 saturated heterocycles. The fourth-order valence-electron chi connectivity index (χ4n) is 0.639. The van der Waals surface area contributed by atoms with Crippen LogP contribution >= 0.6 is 0 Å². The monoisotopic (exact) mass is 169 g/mol. The number of rotatable bonds is 4. The van der Waals surface area contributed by atoms with E-state index in [0.29, 0.717) is 0 Å². The average Bonchev–Trinajstić information content (AvgIpc) is 1.59. The lowest BCUT2D eigenvalue weighted by Gasteiger charge is -2.16. The molecule has 2 atom stereocenters. The Morgan fingerprint density at radius 2 is 2.30 bits per heavy atom. The SMILES string of the molecule is COCC(C)(F)CS(N)=O. The highest BCUT2D eigenvalue weighted by Crippen LogP contribution is 2.10. The van der Waals surface area contributed by atoms with Crippen LogP contribution in [0.25, 0.3) is 0 Å². The summed E-state index contributed by atoms with van der Waals surface area (Å²) < 4.78 is 27.8. The molecule has 62 valence electrons. The second-order valence-electron chi connectivity index (χ2n) is 2.37. The topological polar surface area (TPSA) is 52.3 Å². The molecule has 0 fully saturated rings. The number of hydrogen-bond donors (Lipinski definition) is 1. The van der Waals surface area contributed by atoms with Crippen LogP contribution in [0, 0.1) is 0 Å².